The maximum Gasteiger partial charge on any atom is 0.291 e. The summed E-state index contributed by atoms with van der Waals surface area (Å²) in [4.78, 5) is 22.6. The van der Waals surface area contributed by atoms with Crippen molar-refractivity contribution in [1.82, 2.24) is 19.5 Å². The van der Waals surface area contributed by atoms with Gasteiger partial charge in [0.25, 0.3) is 5.91 Å². The zero-order valence-corrected chi connectivity index (χ0v) is 21.3. The summed E-state index contributed by atoms with van der Waals surface area (Å²) in [7, 11) is 5.09. The van der Waals surface area contributed by atoms with Crippen molar-refractivity contribution in [3.8, 4) is 11.5 Å². The Labute approximate surface area is 208 Å². The Balaban J connectivity index is 1.50. The first-order chi connectivity index (χ1) is 16.9. The number of fused-ring (bicyclic) bond motifs is 1. The van der Waals surface area contributed by atoms with Crippen LogP contribution < -0.4 is 14.8 Å². The minimum Gasteiger partial charge on any atom is -0.497 e. The number of anilines is 1. The molecule has 9 nitrogen and oxygen atoms in total. The lowest BCUT2D eigenvalue weighted by atomic mass is 10.2. The summed E-state index contributed by atoms with van der Waals surface area (Å²) in [5, 5.41) is 9.60. The number of nitrogens with zero attached hydrogens (tertiary/aromatic N) is 5. The molecule has 0 spiro atoms. The molecule has 0 aliphatic carbocycles. The van der Waals surface area contributed by atoms with Gasteiger partial charge in [-0.1, -0.05) is 6.07 Å². The molecule has 4 aromatic rings. The molecule has 182 valence electrons. The van der Waals surface area contributed by atoms with Gasteiger partial charge in [0.15, 0.2) is 5.65 Å². The first kappa shape index (κ1) is 24.2. The van der Waals surface area contributed by atoms with Crippen molar-refractivity contribution in [3.05, 3.63) is 63.9 Å². The van der Waals surface area contributed by atoms with Crippen molar-refractivity contribution >= 4 is 40.1 Å². The smallest absolute Gasteiger partial charge is 0.291 e. The highest BCUT2D eigenvalue weighted by molar-refractivity contribution is 7.18. The Bertz CT molecular complexity index is 1360. The van der Waals surface area contributed by atoms with Crippen molar-refractivity contribution in [1.29, 1.82) is 0 Å². The molecule has 0 aliphatic heterocycles. The molecule has 0 atom stereocenters. The van der Waals surface area contributed by atoms with E-state index in [0.29, 0.717) is 23.8 Å². The molecule has 0 aliphatic rings. The Morgan fingerprint density at radius 2 is 2.00 bits per heavy atom. The molecule has 0 fully saturated rings. The third-order valence-electron chi connectivity index (χ3n) is 5.75. The highest BCUT2D eigenvalue weighted by atomic mass is 32.1. The number of carbonyl (C=O) groups is 1. The molecule has 0 bridgehead atoms. The fraction of sp³-hybridized carbons (Fsp3) is 0.280. The van der Waals surface area contributed by atoms with Crippen molar-refractivity contribution < 1.29 is 14.3 Å². The van der Waals surface area contributed by atoms with Crippen molar-refractivity contribution in [2.24, 2.45) is 12.1 Å². The number of benzene rings is 1. The number of carbonyl (C=O) groups excluding carboxylic acids is 1. The normalized spacial score (nSPS) is 10.9. The van der Waals surface area contributed by atoms with Gasteiger partial charge in [0, 0.05) is 31.9 Å². The third-order valence-corrected chi connectivity index (χ3v) is 6.83. The first-order valence-corrected chi connectivity index (χ1v) is 11.8. The van der Waals surface area contributed by atoms with Crippen LogP contribution in [-0.4, -0.2) is 46.4 Å². The molecule has 1 N–H and O–H groups in total. The minimum atomic E-state index is -0.244. The van der Waals surface area contributed by atoms with E-state index < -0.39 is 0 Å². The highest BCUT2D eigenvalue weighted by Crippen LogP contribution is 2.31. The molecule has 4 rings (SSSR count). The zero-order chi connectivity index (χ0) is 25.1. The summed E-state index contributed by atoms with van der Waals surface area (Å²) in [5.41, 5.74) is 3.89. The second kappa shape index (κ2) is 10.1. The molecular weight excluding hydrogens is 464 g/mol. The Morgan fingerprint density at radius 3 is 2.69 bits per heavy atom. The minimum absolute atomic E-state index is 0.189. The van der Waals surface area contributed by atoms with E-state index in [1.165, 1.54) is 5.01 Å². The van der Waals surface area contributed by atoms with Crippen LogP contribution in [0.5, 0.6) is 11.5 Å². The Hall–Kier alpha value is -3.92. The number of thiazole rings is 1. The van der Waals surface area contributed by atoms with Crippen LogP contribution in [0, 0.1) is 13.8 Å². The van der Waals surface area contributed by atoms with Gasteiger partial charge in [-0.3, -0.25) is 4.79 Å². The molecule has 0 saturated heterocycles. The fourth-order valence-electron chi connectivity index (χ4n) is 3.97. The van der Waals surface area contributed by atoms with Gasteiger partial charge in [-0.2, -0.15) is 5.10 Å². The van der Waals surface area contributed by atoms with E-state index in [-0.39, 0.29) is 12.5 Å². The molecule has 1 amide bonds. The maximum absolute atomic E-state index is 13.4. The molecule has 1 aromatic carbocycles. The van der Waals surface area contributed by atoms with Gasteiger partial charge < -0.3 is 19.4 Å². The molecule has 0 saturated carbocycles. The highest BCUT2D eigenvalue weighted by Gasteiger charge is 2.25. The second-order valence-electron chi connectivity index (χ2n) is 7.97. The van der Waals surface area contributed by atoms with Crippen LogP contribution in [0.1, 0.15) is 32.3 Å². The number of aryl methyl sites for hydroxylation is 3. The number of hydrazone groups is 1. The summed E-state index contributed by atoms with van der Waals surface area (Å²) >= 11 is 1.58. The molecule has 10 heteroatoms. The van der Waals surface area contributed by atoms with Gasteiger partial charge in [-0.15, -0.1) is 11.3 Å². The number of aromatic nitrogens is 3. The van der Waals surface area contributed by atoms with E-state index in [1.807, 2.05) is 61.9 Å². The average Bonchev–Trinajstić information content (AvgIpc) is 3.36. The summed E-state index contributed by atoms with van der Waals surface area (Å²) in [6.45, 7) is 8.21. The molecule has 35 heavy (non-hydrogen) atoms. The molecule has 3 heterocycles. The molecular formula is C25H28N6O3S. The van der Waals surface area contributed by atoms with E-state index in [9.17, 15) is 4.79 Å². The monoisotopic (exact) mass is 492 g/mol. The van der Waals surface area contributed by atoms with E-state index in [4.69, 9.17) is 9.47 Å². The first-order valence-electron chi connectivity index (χ1n) is 11.0. The summed E-state index contributed by atoms with van der Waals surface area (Å²) in [6.07, 6.45) is 0. The second-order valence-corrected chi connectivity index (χ2v) is 9.17. The lowest BCUT2D eigenvalue weighted by Gasteiger charge is -2.18. The van der Waals surface area contributed by atoms with Crippen LogP contribution in [0.15, 0.2) is 41.5 Å². The van der Waals surface area contributed by atoms with E-state index in [1.54, 1.807) is 25.6 Å². The maximum atomic E-state index is 13.4. The largest absolute Gasteiger partial charge is 0.497 e. The van der Waals surface area contributed by atoms with Gasteiger partial charge in [0.2, 0.25) is 0 Å². The Morgan fingerprint density at radius 1 is 1.20 bits per heavy atom. The zero-order valence-electron chi connectivity index (χ0n) is 20.5. The SMILES string of the molecule is C=NN(Cc1cccc(NCc2ccc(OC)cc2OC)n1)C(=O)c1c(C)c2sc(C)nc2n1C. The van der Waals surface area contributed by atoms with Gasteiger partial charge in [0.1, 0.15) is 23.0 Å². The van der Waals surface area contributed by atoms with Crippen LogP contribution >= 0.6 is 11.3 Å². The number of rotatable bonds is 9. The number of hydrogen-bond acceptors (Lipinski definition) is 8. The van der Waals surface area contributed by atoms with Crippen LogP contribution in [0.25, 0.3) is 10.3 Å². The van der Waals surface area contributed by atoms with E-state index in [2.05, 4.69) is 27.1 Å². The number of nitrogens with one attached hydrogen (secondary N) is 1. The molecule has 0 radical (unpaired) electrons. The standard InChI is InChI=1S/C25H28N6O3S/c1-15-22(30(4)24-23(15)35-16(2)28-24)25(32)31(26-3)14-18-8-7-9-21(29-18)27-13-17-10-11-19(33-5)12-20(17)34-6/h7-12H,3,13-14H2,1-2,4-6H3,(H,27,29). The topological polar surface area (TPSA) is 93.9 Å². The van der Waals surface area contributed by atoms with Gasteiger partial charge >= 0.3 is 0 Å². The quantitative estimate of drug-likeness (QED) is 0.272. The van der Waals surface area contributed by atoms with Crippen molar-refractivity contribution in [2.75, 3.05) is 19.5 Å². The molecule has 3 aromatic heterocycles. The van der Waals surface area contributed by atoms with Gasteiger partial charge in [-0.05, 0) is 43.7 Å². The lowest BCUT2D eigenvalue weighted by Crippen LogP contribution is -2.28. The predicted octanol–water partition coefficient (Wildman–Crippen LogP) is 4.53. The Kier molecular flexibility index (Phi) is 7.02. The molecule has 0 unspecified atom stereocenters. The van der Waals surface area contributed by atoms with Crippen LogP contribution in [0.4, 0.5) is 5.82 Å². The summed E-state index contributed by atoms with van der Waals surface area (Å²) < 4.78 is 13.6. The van der Waals surface area contributed by atoms with E-state index in [0.717, 1.165) is 38.0 Å². The number of ether oxygens (including phenoxy) is 2. The summed E-state index contributed by atoms with van der Waals surface area (Å²) in [5.74, 6) is 1.88. The van der Waals surface area contributed by atoms with Crippen LogP contribution in [0.2, 0.25) is 0 Å². The van der Waals surface area contributed by atoms with Crippen LogP contribution in [0.3, 0.4) is 0 Å². The summed E-state index contributed by atoms with van der Waals surface area (Å²) in [6, 6.07) is 11.3. The third kappa shape index (κ3) is 4.83. The van der Waals surface area contributed by atoms with Gasteiger partial charge in [-0.25, -0.2) is 15.0 Å². The number of hydrogen-bond donors (Lipinski definition) is 1. The fourth-order valence-corrected chi connectivity index (χ4v) is 4.92. The van der Waals surface area contributed by atoms with E-state index >= 15 is 0 Å². The van der Waals surface area contributed by atoms with Crippen LogP contribution in [-0.2, 0) is 20.1 Å². The van der Waals surface area contributed by atoms with Crippen molar-refractivity contribution in [3.63, 3.8) is 0 Å². The number of methoxy groups -OCH3 is 2. The predicted molar refractivity (Wildman–Crippen MR) is 139 cm³/mol. The van der Waals surface area contributed by atoms with Gasteiger partial charge in [0.05, 0.1) is 36.2 Å². The van der Waals surface area contributed by atoms with Crippen molar-refractivity contribution in [2.45, 2.75) is 26.9 Å². The average molecular weight is 493 g/mol. The number of amides is 1. The number of pyridine rings is 1. The lowest BCUT2D eigenvalue weighted by molar-refractivity contribution is 0.0738.